The molecule has 1 aromatic heterocycles. The van der Waals surface area contributed by atoms with E-state index >= 15 is 0 Å². The van der Waals surface area contributed by atoms with Gasteiger partial charge in [0.2, 0.25) is 0 Å². The summed E-state index contributed by atoms with van der Waals surface area (Å²) in [7, 11) is 0. The average Bonchev–Trinajstić information content (AvgIpc) is 2.70. The van der Waals surface area contributed by atoms with Crippen molar-refractivity contribution in [3.8, 4) is 0 Å². The van der Waals surface area contributed by atoms with Gasteiger partial charge in [-0.25, -0.2) is 0 Å². The van der Waals surface area contributed by atoms with E-state index in [1.54, 1.807) is 0 Å². The molecule has 2 rings (SSSR count). The van der Waals surface area contributed by atoms with Crippen LogP contribution >= 0.6 is 0 Å². The van der Waals surface area contributed by atoms with Crippen molar-refractivity contribution in [1.82, 2.24) is 20.0 Å². The Bertz CT molecular complexity index is 347. The van der Waals surface area contributed by atoms with Gasteiger partial charge in [-0.15, -0.1) is 0 Å². The molecule has 1 aliphatic heterocycles. The van der Waals surface area contributed by atoms with E-state index in [2.05, 4.69) is 35.4 Å². The summed E-state index contributed by atoms with van der Waals surface area (Å²) in [4.78, 5) is 2.57. The van der Waals surface area contributed by atoms with Gasteiger partial charge in [-0.3, -0.25) is 9.58 Å². The largest absolute Gasteiger partial charge is 0.313 e. The number of aromatic nitrogens is 2. The predicted octanol–water partition coefficient (Wildman–Crippen LogP) is 1.87. The van der Waals surface area contributed by atoms with Gasteiger partial charge < -0.3 is 5.32 Å². The highest BCUT2D eigenvalue weighted by molar-refractivity contribution is 5.03. The molecule has 1 aromatic rings. The van der Waals surface area contributed by atoms with Gasteiger partial charge in [0.05, 0.1) is 6.20 Å². The fourth-order valence-corrected chi connectivity index (χ4v) is 2.68. The molecule has 0 bridgehead atoms. The smallest absolute Gasteiger partial charge is 0.0534 e. The average molecular weight is 250 g/mol. The molecule has 1 N–H and O–H groups in total. The molecule has 1 fully saturated rings. The van der Waals surface area contributed by atoms with Crippen LogP contribution in [0.25, 0.3) is 0 Å². The summed E-state index contributed by atoms with van der Waals surface area (Å²) in [6.45, 7) is 9.93. The molecule has 1 unspecified atom stereocenters. The van der Waals surface area contributed by atoms with Crippen molar-refractivity contribution in [3.05, 3.63) is 18.0 Å². The molecule has 0 radical (unpaired) electrons. The molecule has 4 nitrogen and oxygen atoms in total. The number of aryl methyl sites for hydroxylation is 1. The Kier molecular flexibility index (Phi) is 5.20. The van der Waals surface area contributed by atoms with Gasteiger partial charge in [0.1, 0.15) is 0 Å². The van der Waals surface area contributed by atoms with E-state index in [1.807, 2.05) is 10.9 Å². The first-order valence-electron chi connectivity index (χ1n) is 7.29. The minimum Gasteiger partial charge on any atom is -0.313 e. The molecular formula is C14H26N4. The van der Waals surface area contributed by atoms with Crippen LogP contribution in [0.15, 0.2) is 12.4 Å². The number of hydrogen-bond donors (Lipinski definition) is 1. The van der Waals surface area contributed by atoms with Crippen LogP contribution in [0, 0.1) is 0 Å². The molecular weight excluding hydrogens is 224 g/mol. The molecule has 0 aromatic carbocycles. The van der Waals surface area contributed by atoms with Gasteiger partial charge in [0, 0.05) is 37.4 Å². The third-order valence-corrected chi connectivity index (χ3v) is 3.62. The maximum Gasteiger partial charge on any atom is 0.0534 e. The van der Waals surface area contributed by atoms with Crippen molar-refractivity contribution >= 4 is 0 Å². The molecule has 1 saturated heterocycles. The number of rotatable bonds is 5. The van der Waals surface area contributed by atoms with Gasteiger partial charge in [0.15, 0.2) is 0 Å². The monoisotopic (exact) mass is 250 g/mol. The summed E-state index contributed by atoms with van der Waals surface area (Å²) in [5.41, 5.74) is 1.34. The molecule has 1 atom stereocenters. The standard InChI is InChI=1S/C14H26N4/c1-3-6-14-12-17(8-5-7-15-14)10-13-9-16-18(4-2)11-13/h9,11,14-15H,3-8,10,12H2,1-2H3. The normalized spacial score (nSPS) is 22.0. The third kappa shape index (κ3) is 3.82. The second-order valence-electron chi connectivity index (χ2n) is 5.23. The summed E-state index contributed by atoms with van der Waals surface area (Å²) in [6, 6.07) is 0.665. The van der Waals surface area contributed by atoms with Crippen LogP contribution in [0.2, 0.25) is 0 Å². The van der Waals surface area contributed by atoms with Crippen LogP contribution in [-0.2, 0) is 13.1 Å². The summed E-state index contributed by atoms with van der Waals surface area (Å²) in [5, 5.41) is 8.01. The summed E-state index contributed by atoms with van der Waals surface area (Å²) < 4.78 is 2.01. The second kappa shape index (κ2) is 6.90. The van der Waals surface area contributed by atoms with Gasteiger partial charge in [-0.05, 0) is 32.9 Å². The maximum absolute atomic E-state index is 4.35. The van der Waals surface area contributed by atoms with Crippen molar-refractivity contribution in [2.45, 2.75) is 52.2 Å². The molecule has 18 heavy (non-hydrogen) atoms. The minimum atomic E-state index is 0.665. The van der Waals surface area contributed by atoms with E-state index < -0.39 is 0 Å². The topological polar surface area (TPSA) is 33.1 Å². The molecule has 0 spiro atoms. The highest BCUT2D eigenvalue weighted by Gasteiger charge is 2.17. The first-order valence-corrected chi connectivity index (χ1v) is 7.29. The number of hydrogen-bond acceptors (Lipinski definition) is 3. The zero-order valence-electron chi connectivity index (χ0n) is 11.7. The third-order valence-electron chi connectivity index (χ3n) is 3.62. The van der Waals surface area contributed by atoms with E-state index in [1.165, 1.54) is 37.9 Å². The van der Waals surface area contributed by atoms with Gasteiger partial charge in [0.25, 0.3) is 0 Å². The Hall–Kier alpha value is -0.870. The fraction of sp³-hybridized carbons (Fsp3) is 0.786. The first-order chi connectivity index (χ1) is 8.81. The minimum absolute atomic E-state index is 0.665. The number of nitrogens with one attached hydrogen (secondary N) is 1. The van der Waals surface area contributed by atoms with Gasteiger partial charge in [-0.2, -0.15) is 5.10 Å². The van der Waals surface area contributed by atoms with Crippen LogP contribution in [0.4, 0.5) is 0 Å². The lowest BCUT2D eigenvalue weighted by molar-refractivity contribution is 0.255. The van der Waals surface area contributed by atoms with Crippen molar-refractivity contribution < 1.29 is 0 Å². The quantitative estimate of drug-likeness (QED) is 0.866. The molecule has 102 valence electrons. The zero-order valence-corrected chi connectivity index (χ0v) is 11.7. The summed E-state index contributed by atoms with van der Waals surface area (Å²) in [6.07, 6.45) is 7.98. The molecule has 0 amide bonds. The zero-order chi connectivity index (χ0) is 12.8. The molecule has 0 saturated carbocycles. The van der Waals surface area contributed by atoms with Crippen LogP contribution in [0.3, 0.4) is 0 Å². The highest BCUT2D eigenvalue weighted by Crippen LogP contribution is 2.10. The van der Waals surface area contributed by atoms with E-state index in [0.29, 0.717) is 6.04 Å². The molecule has 4 heteroatoms. The van der Waals surface area contributed by atoms with Crippen molar-refractivity contribution in [2.75, 3.05) is 19.6 Å². The van der Waals surface area contributed by atoms with Crippen LogP contribution in [-0.4, -0.2) is 40.4 Å². The van der Waals surface area contributed by atoms with Gasteiger partial charge in [-0.1, -0.05) is 13.3 Å². The van der Waals surface area contributed by atoms with Crippen LogP contribution in [0.5, 0.6) is 0 Å². The lowest BCUT2D eigenvalue weighted by Gasteiger charge is -2.23. The Morgan fingerprint density at radius 1 is 1.44 bits per heavy atom. The van der Waals surface area contributed by atoms with E-state index in [0.717, 1.165) is 19.6 Å². The SMILES string of the molecule is CCCC1CN(Cc2cnn(CC)c2)CCCN1. The van der Waals surface area contributed by atoms with E-state index in [9.17, 15) is 0 Å². The van der Waals surface area contributed by atoms with E-state index in [-0.39, 0.29) is 0 Å². The second-order valence-corrected chi connectivity index (χ2v) is 5.23. The number of nitrogens with zero attached hydrogens (tertiary/aromatic N) is 3. The van der Waals surface area contributed by atoms with Crippen LogP contribution < -0.4 is 5.32 Å². The fourth-order valence-electron chi connectivity index (χ4n) is 2.68. The van der Waals surface area contributed by atoms with Crippen molar-refractivity contribution in [3.63, 3.8) is 0 Å². The Labute approximate surface area is 110 Å². The van der Waals surface area contributed by atoms with E-state index in [4.69, 9.17) is 0 Å². The molecule has 1 aliphatic rings. The lowest BCUT2D eigenvalue weighted by atomic mass is 10.1. The Morgan fingerprint density at radius 3 is 3.06 bits per heavy atom. The van der Waals surface area contributed by atoms with Crippen molar-refractivity contribution in [2.24, 2.45) is 0 Å². The van der Waals surface area contributed by atoms with Crippen LogP contribution in [0.1, 0.15) is 38.7 Å². The maximum atomic E-state index is 4.35. The Balaban J connectivity index is 1.90. The van der Waals surface area contributed by atoms with Gasteiger partial charge >= 0.3 is 0 Å². The summed E-state index contributed by atoms with van der Waals surface area (Å²) >= 11 is 0. The summed E-state index contributed by atoms with van der Waals surface area (Å²) in [5.74, 6) is 0. The lowest BCUT2D eigenvalue weighted by Crippen LogP contribution is -2.37. The highest BCUT2D eigenvalue weighted by atomic mass is 15.3. The van der Waals surface area contributed by atoms with Crippen molar-refractivity contribution in [1.29, 1.82) is 0 Å². The Morgan fingerprint density at radius 2 is 2.33 bits per heavy atom. The first kappa shape index (κ1) is 13.6. The molecule has 2 heterocycles. The predicted molar refractivity (Wildman–Crippen MR) is 74.5 cm³/mol. The molecule has 0 aliphatic carbocycles.